The lowest BCUT2D eigenvalue weighted by Crippen LogP contribution is -2.39. The zero-order chi connectivity index (χ0) is 23.7. The van der Waals surface area contributed by atoms with Crippen LogP contribution < -0.4 is 9.64 Å². The molecule has 3 aromatic rings. The lowest BCUT2D eigenvalue weighted by atomic mass is 10.0. The van der Waals surface area contributed by atoms with E-state index < -0.39 is 11.6 Å². The standard InChI is InChI=1S/C25H24F2N4O3/c1-16-3-2-4-17(13-16)24(32)31-8-7-22-19(15-31)23(34-18-5-6-20(26)21(27)14-18)29-25(28-22)30-9-11-33-12-10-30/h2-6,13-14H,7-12,15H2,1H3. The van der Waals surface area contributed by atoms with Gasteiger partial charge in [-0.1, -0.05) is 17.7 Å². The van der Waals surface area contributed by atoms with Crippen molar-refractivity contribution < 1.29 is 23.0 Å². The van der Waals surface area contributed by atoms with Crippen LogP contribution in [0.4, 0.5) is 14.7 Å². The second-order valence-corrected chi connectivity index (χ2v) is 8.38. The highest BCUT2D eigenvalue weighted by molar-refractivity contribution is 5.94. The Balaban J connectivity index is 1.49. The van der Waals surface area contributed by atoms with Crippen molar-refractivity contribution in [1.29, 1.82) is 0 Å². The average molecular weight is 466 g/mol. The van der Waals surface area contributed by atoms with Gasteiger partial charge < -0.3 is 19.3 Å². The Morgan fingerprint density at radius 2 is 1.85 bits per heavy atom. The normalized spacial score (nSPS) is 15.7. The molecule has 0 bridgehead atoms. The summed E-state index contributed by atoms with van der Waals surface area (Å²) in [4.78, 5) is 26.3. The average Bonchev–Trinajstić information content (AvgIpc) is 2.86. The Kier molecular flexibility index (Phi) is 6.10. The Hall–Kier alpha value is -3.59. The van der Waals surface area contributed by atoms with Crippen molar-refractivity contribution >= 4 is 11.9 Å². The fourth-order valence-electron chi connectivity index (χ4n) is 4.15. The monoisotopic (exact) mass is 466 g/mol. The van der Waals surface area contributed by atoms with E-state index >= 15 is 0 Å². The predicted molar refractivity (Wildman–Crippen MR) is 121 cm³/mol. The van der Waals surface area contributed by atoms with Crippen molar-refractivity contribution in [2.24, 2.45) is 0 Å². The van der Waals surface area contributed by atoms with E-state index in [1.807, 2.05) is 30.0 Å². The van der Waals surface area contributed by atoms with Crippen molar-refractivity contribution in [3.63, 3.8) is 0 Å². The maximum atomic E-state index is 13.8. The Morgan fingerprint density at radius 1 is 1.03 bits per heavy atom. The van der Waals surface area contributed by atoms with E-state index in [9.17, 15) is 13.6 Å². The van der Waals surface area contributed by atoms with Crippen LogP contribution >= 0.6 is 0 Å². The van der Waals surface area contributed by atoms with E-state index in [2.05, 4.69) is 4.98 Å². The minimum Gasteiger partial charge on any atom is -0.438 e. The van der Waals surface area contributed by atoms with Crippen molar-refractivity contribution in [2.45, 2.75) is 19.9 Å². The summed E-state index contributed by atoms with van der Waals surface area (Å²) >= 11 is 0. The highest BCUT2D eigenvalue weighted by atomic mass is 19.2. The third-order valence-corrected chi connectivity index (χ3v) is 5.96. The highest BCUT2D eigenvalue weighted by Crippen LogP contribution is 2.32. The summed E-state index contributed by atoms with van der Waals surface area (Å²) in [6.07, 6.45) is 0.529. The summed E-state index contributed by atoms with van der Waals surface area (Å²) in [5.74, 6) is -1.20. The van der Waals surface area contributed by atoms with Gasteiger partial charge in [-0.15, -0.1) is 0 Å². The minimum atomic E-state index is -1.01. The number of hydrogen-bond acceptors (Lipinski definition) is 6. The molecule has 0 unspecified atom stereocenters. The molecule has 2 aliphatic rings. The number of nitrogens with zero attached hydrogens (tertiary/aromatic N) is 4. The number of aryl methyl sites for hydroxylation is 1. The number of ether oxygens (including phenoxy) is 2. The number of benzene rings is 2. The van der Waals surface area contributed by atoms with Gasteiger partial charge in [0.2, 0.25) is 11.8 Å². The van der Waals surface area contributed by atoms with Gasteiger partial charge in [0, 0.05) is 37.7 Å². The largest absolute Gasteiger partial charge is 0.438 e. The van der Waals surface area contributed by atoms with E-state index in [-0.39, 0.29) is 24.1 Å². The SMILES string of the molecule is Cc1cccc(C(=O)N2CCc3nc(N4CCOCC4)nc(Oc4ccc(F)c(F)c4)c3C2)c1. The van der Waals surface area contributed by atoms with E-state index in [0.29, 0.717) is 56.3 Å². The summed E-state index contributed by atoms with van der Waals surface area (Å²) < 4.78 is 38.6. The molecule has 34 heavy (non-hydrogen) atoms. The van der Waals surface area contributed by atoms with Crippen molar-refractivity contribution in [3.05, 3.63) is 76.5 Å². The summed E-state index contributed by atoms with van der Waals surface area (Å²) in [5.41, 5.74) is 3.05. The molecular weight excluding hydrogens is 442 g/mol. The summed E-state index contributed by atoms with van der Waals surface area (Å²) in [7, 11) is 0. The molecule has 7 nitrogen and oxygen atoms in total. The van der Waals surface area contributed by atoms with Crippen LogP contribution in [0.5, 0.6) is 11.6 Å². The van der Waals surface area contributed by atoms with Gasteiger partial charge in [0.1, 0.15) is 5.75 Å². The molecule has 0 N–H and O–H groups in total. The molecule has 1 fully saturated rings. The van der Waals surface area contributed by atoms with Crippen molar-refractivity contribution in [3.8, 4) is 11.6 Å². The van der Waals surface area contributed by atoms with Crippen LogP contribution in [0.3, 0.4) is 0 Å². The fraction of sp³-hybridized carbons (Fsp3) is 0.320. The molecule has 9 heteroatoms. The molecule has 2 aliphatic heterocycles. The molecular formula is C25H24F2N4O3. The molecule has 2 aromatic carbocycles. The third-order valence-electron chi connectivity index (χ3n) is 5.96. The number of carbonyl (C=O) groups excluding carboxylic acids is 1. The number of hydrogen-bond donors (Lipinski definition) is 0. The van der Waals surface area contributed by atoms with Crippen LogP contribution in [0.2, 0.25) is 0 Å². The van der Waals surface area contributed by atoms with Gasteiger partial charge >= 0.3 is 0 Å². The van der Waals surface area contributed by atoms with Gasteiger partial charge in [-0.2, -0.15) is 4.98 Å². The topological polar surface area (TPSA) is 67.8 Å². The van der Waals surface area contributed by atoms with Gasteiger partial charge in [-0.25, -0.2) is 13.8 Å². The first-order valence-electron chi connectivity index (χ1n) is 11.2. The van der Waals surface area contributed by atoms with Crippen LogP contribution in [-0.2, 0) is 17.7 Å². The van der Waals surface area contributed by atoms with E-state index in [1.165, 1.54) is 6.07 Å². The van der Waals surface area contributed by atoms with Crippen molar-refractivity contribution in [1.82, 2.24) is 14.9 Å². The first kappa shape index (κ1) is 22.2. The van der Waals surface area contributed by atoms with Gasteiger partial charge in [0.25, 0.3) is 5.91 Å². The molecule has 0 radical (unpaired) electrons. The van der Waals surface area contributed by atoms with Crippen LogP contribution in [-0.4, -0.2) is 53.6 Å². The Morgan fingerprint density at radius 3 is 2.62 bits per heavy atom. The molecule has 1 saturated heterocycles. The van der Waals surface area contributed by atoms with Gasteiger partial charge in [0.05, 0.1) is 31.0 Å². The number of carbonyl (C=O) groups is 1. The number of halogens is 2. The predicted octanol–water partition coefficient (Wildman–Crippen LogP) is 3.89. The lowest BCUT2D eigenvalue weighted by Gasteiger charge is -2.32. The quantitative estimate of drug-likeness (QED) is 0.581. The summed E-state index contributed by atoms with van der Waals surface area (Å²) in [6.45, 7) is 5.12. The van der Waals surface area contributed by atoms with Gasteiger partial charge in [-0.3, -0.25) is 4.79 Å². The van der Waals surface area contributed by atoms with Crippen LogP contribution in [0.1, 0.15) is 27.2 Å². The molecule has 3 heterocycles. The number of fused-ring (bicyclic) bond motifs is 1. The van der Waals surface area contributed by atoms with Gasteiger partial charge in [-0.05, 0) is 31.2 Å². The highest BCUT2D eigenvalue weighted by Gasteiger charge is 2.29. The molecule has 0 spiro atoms. The second-order valence-electron chi connectivity index (χ2n) is 8.38. The second kappa shape index (κ2) is 9.34. The number of anilines is 1. The fourth-order valence-corrected chi connectivity index (χ4v) is 4.15. The number of amides is 1. The first-order chi connectivity index (χ1) is 16.5. The summed E-state index contributed by atoms with van der Waals surface area (Å²) in [5, 5.41) is 0. The first-order valence-corrected chi connectivity index (χ1v) is 11.2. The van der Waals surface area contributed by atoms with Gasteiger partial charge in [0.15, 0.2) is 11.6 Å². The molecule has 0 atom stereocenters. The smallest absolute Gasteiger partial charge is 0.254 e. The maximum Gasteiger partial charge on any atom is 0.254 e. The molecule has 5 rings (SSSR count). The molecule has 176 valence electrons. The van der Waals surface area contributed by atoms with E-state index in [4.69, 9.17) is 14.5 Å². The number of morpholine rings is 1. The van der Waals surface area contributed by atoms with Crippen LogP contribution in [0.15, 0.2) is 42.5 Å². The van der Waals surface area contributed by atoms with E-state index in [0.717, 1.165) is 23.4 Å². The third kappa shape index (κ3) is 4.56. The zero-order valence-corrected chi connectivity index (χ0v) is 18.8. The zero-order valence-electron chi connectivity index (χ0n) is 18.8. The minimum absolute atomic E-state index is 0.0922. The molecule has 1 aromatic heterocycles. The Labute approximate surface area is 195 Å². The lowest BCUT2D eigenvalue weighted by molar-refractivity contribution is 0.0731. The number of rotatable bonds is 4. The van der Waals surface area contributed by atoms with Crippen LogP contribution in [0, 0.1) is 18.6 Å². The maximum absolute atomic E-state index is 13.8. The van der Waals surface area contributed by atoms with Crippen molar-refractivity contribution in [2.75, 3.05) is 37.7 Å². The van der Waals surface area contributed by atoms with Crippen LogP contribution in [0.25, 0.3) is 0 Å². The molecule has 1 amide bonds. The molecule has 0 saturated carbocycles. The number of aromatic nitrogens is 2. The Bertz CT molecular complexity index is 1230. The summed E-state index contributed by atoms with van der Waals surface area (Å²) in [6, 6.07) is 10.8. The molecule has 0 aliphatic carbocycles. The van der Waals surface area contributed by atoms with E-state index in [1.54, 1.807) is 11.0 Å².